The van der Waals surface area contributed by atoms with E-state index in [4.69, 9.17) is 4.42 Å². The molecule has 21 heavy (non-hydrogen) atoms. The predicted octanol–water partition coefficient (Wildman–Crippen LogP) is 2.74. The second-order valence-corrected chi connectivity index (χ2v) is 5.84. The van der Waals surface area contributed by atoms with E-state index in [0.29, 0.717) is 12.1 Å². The molecule has 112 valence electrons. The van der Waals surface area contributed by atoms with E-state index in [2.05, 4.69) is 34.0 Å². The maximum Gasteiger partial charge on any atom is 0.147 e. The summed E-state index contributed by atoms with van der Waals surface area (Å²) in [6.45, 7) is 5.77. The second kappa shape index (κ2) is 6.26. The van der Waals surface area contributed by atoms with Crippen LogP contribution in [0.4, 0.5) is 5.82 Å². The highest BCUT2D eigenvalue weighted by Crippen LogP contribution is 2.31. The van der Waals surface area contributed by atoms with Crippen molar-refractivity contribution in [1.29, 1.82) is 0 Å². The van der Waals surface area contributed by atoms with Gasteiger partial charge in [-0.25, -0.2) is 4.98 Å². The number of hydrogen-bond acceptors (Lipinski definition) is 5. The van der Waals surface area contributed by atoms with Crippen LogP contribution in [-0.2, 0) is 13.1 Å². The molecular formula is C16H22N4O. The quantitative estimate of drug-likeness (QED) is 0.848. The Hall–Kier alpha value is -1.88. The lowest BCUT2D eigenvalue weighted by Gasteiger charge is -2.22. The summed E-state index contributed by atoms with van der Waals surface area (Å²) in [6, 6.07) is 4.95. The normalized spacial score (nSPS) is 14.6. The van der Waals surface area contributed by atoms with Crippen LogP contribution in [0.2, 0.25) is 0 Å². The number of aromatic nitrogens is 2. The topological polar surface area (TPSA) is 54.2 Å². The van der Waals surface area contributed by atoms with Gasteiger partial charge in [-0.3, -0.25) is 4.98 Å². The molecule has 5 nitrogen and oxygen atoms in total. The molecule has 1 fully saturated rings. The number of nitrogens with zero attached hydrogens (tertiary/aromatic N) is 3. The highest BCUT2D eigenvalue weighted by molar-refractivity contribution is 5.39. The Balaban J connectivity index is 1.68. The Bertz CT molecular complexity index is 546. The third kappa shape index (κ3) is 3.82. The van der Waals surface area contributed by atoms with Crippen molar-refractivity contribution in [2.24, 2.45) is 0 Å². The number of nitrogens with one attached hydrogen (secondary N) is 1. The SMILES string of the molecule is CC(C)NCc1cnc(N(Cc2ccco2)C2CC2)cn1. The Morgan fingerprint density at radius 2 is 2.19 bits per heavy atom. The molecule has 0 aromatic carbocycles. The van der Waals surface area contributed by atoms with Gasteiger partial charge in [-0.15, -0.1) is 0 Å². The number of rotatable bonds is 7. The largest absolute Gasteiger partial charge is 0.467 e. The molecule has 0 saturated heterocycles. The monoisotopic (exact) mass is 286 g/mol. The van der Waals surface area contributed by atoms with Crippen molar-refractivity contribution in [2.45, 2.75) is 51.9 Å². The molecule has 3 rings (SSSR count). The minimum Gasteiger partial charge on any atom is -0.467 e. The van der Waals surface area contributed by atoms with Gasteiger partial charge < -0.3 is 14.6 Å². The molecule has 2 heterocycles. The molecule has 1 aliphatic carbocycles. The van der Waals surface area contributed by atoms with Crippen LogP contribution in [0.1, 0.15) is 38.1 Å². The van der Waals surface area contributed by atoms with E-state index < -0.39 is 0 Å². The van der Waals surface area contributed by atoms with Gasteiger partial charge in [0.15, 0.2) is 0 Å². The van der Waals surface area contributed by atoms with Gasteiger partial charge in [0.25, 0.3) is 0 Å². The van der Waals surface area contributed by atoms with Crippen molar-refractivity contribution in [3.63, 3.8) is 0 Å². The molecule has 0 atom stereocenters. The number of furan rings is 1. The van der Waals surface area contributed by atoms with Gasteiger partial charge in [0, 0.05) is 18.6 Å². The van der Waals surface area contributed by atoms with Crippen LogP contribution in [-0.4, -0.2) is 22.1 Å². The first-order chi connectivity index (χ1) is 10.2. The fourth-order valence-corrected chi connectivity index (χ4v) is 2.25. The van der Waals surface area contributed by atoms with Crippen LogP contribution in [0, 0.1) is 0 Å². The lowest BCUT2D eigenvalue weighted by molar-refractivity contribution is 0.500. The molecule has 2 aromatic rings. The van der Waals surface area contributed by atoms with Gasteiger partial charge >= 0.3 is 0 Å². The van der Waals surface area contributed by atoms with Crippen LogP contribution >= 0.6 is 0 Å². The fraction of sp³-hybridized carbons (Fsp3) is 0.500. The zero-order valence-electron chi connectivity index (χ0n) is 12.6. The summed E-state index contributed by atoms with van der Waals surface area (Å²) in [6.07, 6.45) is 7.89. The van der Waals surface area contributed by atoms with Crippen LogP contribution in [0.25, 0.3) is 0 Å². The Kier molecular flexibility index (Phi) is 4.20. The van der Waals surface area contributed by atoms with Crippen molar-refractivity contribution in [3.05, 3.63) is 42.2 Å². The zero-order valence-corrected chi connectivity index (χ0v) is 12.6. The Morgan fingerprint density at radius 3 is 2.76 bits per heavy atom. The predicted molar refractivity (Wildman–Crippen MR) is 81.9 cm³/mol. The molecule has 0 amide bonds. The molecule has 0 unspecified atom stereocenters. The smallest absolute Gasteiger partial charge is 0.147 e. The molecule has 5 heteroatoms. The first-order valence-electron chi connectivity index (χ1n) is 7.55. The van der Waals surface area contributed by atoms with Crippen molar-refractivity contribution in [1.82, 2.24) is 15.3 Å². The molecular weight excluding hydrogens is 264 g/mol. The van der Waals surface area contributed by atoms with E-state index in [0.717, 1.165) is 30.4 Å². The molecule has 1 N–H and O–H groups in total. The summed E-state index contributed by atoms with van der Waals surface area (Å²) in [5, 5.41) is 3.35. The maximum absolute atomic E-state index is 5.45. The van der Waals surface area contributed by atoms with Crippen molar-refractivity contribution in [2.75, 3.05) is 4.90 Å². The fourth-order valence-electron chi connectivity index (χ4n) is 2.25. The first-order valence-corrected chi connectivity index (χ1v) is 7.55. The molecule has 1 saturated carbocycles. The Morgan fingerprint density at radius 1 is 1.33 bits per heavy atom. The van der Waals surface area contributed by atoms with Gasteiger partial charge in [-0.1, -0.05) is 13.8 Å². The van der Waals surface area contributed by atoms with Gasteiger partial charge in [-0.05, 0) is 25.0 Å². The van der Waals surface area contributed by atoms with Crippen LogP contribution in [0.15, 0.2) is 35.2 Å². The zero-order chi connectivity index (χ0) is 14.7. The third-order valence-electron chi connectivity index (χ3n) is 3.57. The minimum absolute atomic E-state index is 0.452. The summed E-state index contributed by atoms with van der Waals surface area (Å²) in [7, 11) is 0. The lowest BCUT2D eigenvalue weighted by atomic mass is 10.3. The molecule has 0 bridgehead atoms. The third-order valence-corrected chi connectivity index (χ3v) is 3.57. The van der Waals surface area contributed by atoms with Gasteiger partial charge in [-0.2, -0.15) is 0 Å². The molecule has 0 spiro atoms. The Labute approximate surface area is 125 Å². The van der Waals surface area contributed by atoms with E-state index in [9.17, 15) is 0 Å². The average Bonchev–Trinajstić information content (AvgIpc) is 3.20. The first kappa shape index (κ1) is 14.1. The highest BCUT2D eigenvalue weighted by Gasteiger charge is 2.30. The summed E-state index contributed by atoms with van der Waals surface area (Å²) in [5.41, 5.74) is 0.973. The van der Waals surface area contributed by atoms with E-state index in [1.807, 2.05) is 24.5 Å². The van der Waals surface area contributed by atoms with Crippen LogP contribution in [0.5, 0.6) is 0 Å². The van der Waals surface area contributed by atoms with E-state index in [1.165, 1.54) is 12.8 Å². The van der Waals surface area contributed by atoms with E-state index >= 15 is 0 Å². The highest BCUT2D eigenvalue weighted by atomic mass is 16.3. The summed E-state index contributed by atoms with van der Waals surface area (Å²) in [4.78, 5) is 11.4. The van der Waals surface area contributed by atoms with Crippen LogP contribution in [0.3, 0.4) is 0 Å². The van der Waals surface area contributed by atoms with Crippen LogP contribution < -0.4 is 10.2 Å². The van der Waals surface area contributed by atoms with Crippen molar-refractivity contribution >= 4 is 5.82 Å². The summed E-state index contributed by atoms with van der Waals surface area (Å²) in [5.74, 6) is 1.90. The average molecular weight is 286 g/mol. The molecule has 1 aliphatic rings. The van der Waals surface area contributed by atoms with E-state index in [1.54, 1.807) is 6.26 Å². The molecule has 0 aliphatic heterocycles. The number of anilines is 1. The number of hydrogen-bond donors (Lipinski definition) is 1. The minimum atomic E-state index is 0.452. The maximum atomic E-state index is 5.45. The van der Waals surface area contributed by atoms with E-state index in [-0.39, 0.29) is 0 Å². The lowest BCUT2D eigenvalue weighted by Crippen LogP contribution is -2.26. The second-order valence-electron chi connectivity index (χ2n) is 5.84. The molecule has 0 radical (unpaired) electrons. The van der Waals surface area contributed by atoms with Crippen molar-refractivity contribution < 1.29 is 4.42 Å². The van der Waals surface area contributed by atoms with Gasteiger partial charge in [0.1, 0.15) is 11.6 Å². The summed E-state index contributed by atoms with van der Waals surface area (Å²) < 4.78 is 5.45. The standard InChI is InChI=1S/C16H22N4O/c1-12(2)17-8-13-9-19-16(10-18-13)20(14-5-6-14)11-15-4-3-7-21-15/h3-4,7,9-10,12,14,17H,5-6,8,11H2,1-2H3. The van der Waals surface area contributed by atoms with Gasteiger partial charge in [0.2, 0.25) is 0 Å². The molecule has 2 aromatic heterocycles. The van der Waals surface area contributed by atoms with Gasteiger partial charge in [0.05, 0.1) is 30.9 Å². The van der Waals surface area contributed by atoms with Crippen molar-refractivity contribution in [3.8, 4) is 0 Å². The summed E-state index contributed by atoms with van der Waals surface area (Å²) >= 11 is 0.